The van der Waals surface area contributed by atoms with Crippen LogP contribution in [0, 0.1) is 0 Å². The summed E-state index contributed by atoms with van der Waals surface area (Å²) in [7, 11) is 0. The van der Waals surface area contributed by atoms with Crippen LogP contribution in [-0.4, -0.2) is 24.0 Å². The highest BCUT2D eigenvalue weighted by Gasteiger charge is 2.16. The summed E-state index contributed by atoms with van der Waals surface area (Å²) in [6, 6.07) is 17.7. The van der Waals surface area contributed by atoms with Crippen LogP contribution >= 0.6 is 0 Å². The Morgan fingerprint density at radius 2 is 1.72 bits per heavy atom. The van der Waals surface area contributed by atoms with Gasteiger partial charge in [0.15, 0.2) is 0 Å². The third-order valence-corrected chi connectivity index (χ3v) is 5.72. The molecule has 0 unspecified atom stereocenters. The number of benzene rings is 1. The van der Waals surface area contributed by atoms with Crippen molar-refractivity contribution >= 4 is 28.6 Å². The fourth-order valence-corrected chi connectivity index (χ4v) is 4.16. The van der Waals surface area contributed by atoms with Crippen molar-refractivity contribution in [1.29, 1.82) is 0 Å². The van der Waals surface area contributed by atoms with Crippen LogP contribution in [0.4, 0.5) is 0 Å². The Bertz CT molecular complexity index is 1520. The predicted octanol–water partition coefficient (Wildman–Crippen LogP) is 5.28. The van der Waals surface area contributed by atoms with Gasteiger partial charge in [0, 0.05) is 41.5 Å². The smallest absolute Gasteiger partial charge is 0.267 e. The van der Waals surface area contributed by atoms with Crippen LogP contribution in [0.25, 0.3) is 39.8 Å². The molecule has 0 N–H and O–H groups in total. The maximum absolute atomic E-state index is 12.3. The van der Waals surface area contributed by atoms with Crippen molar-refractivity contribution in [3.05, 3.63) is 88.6 Å². The Morgan fingerprint density at radius 1 is 0.938 bits per heavy atom. The number of hydrogen-bond acceptors (Lipinski definition) is 3. The van der Waals surface area contributed by atoms with Gasteiger partial charge in [0.25, 0.3) is 5.56 Å². The van der Waals surface area contributed by atoms with Gasteiger partial charge in [0.2, 0.25) is 0 Å². The van der Waals surface area contributed by atoms with E-state index in [1.807, 2.05) is 48.8 Å². The van der Waals surface area contributed by atoms with Gasteiger partial charge in [0.05, 0.1) is 28.5 Å². The highest BCUT2D eigenvalue weighted by molar-refractivity contribution is 5.94. The van der Waals surface area contributed by atoms with E-state index in [9.17, 15) is 4.79 Å². The molecular formula is C26H25N5O. The average molecular weight is 424 g/mol. The molecule has 4 aromatic heterocycles. The zero-order chi connectivity index (χ0) is 22.2. The summed E-state index contributed by atoms with van der Waals surface area (Å²) in [6.45, 7) is 6.97. The monoisotopic (exact) mass is 423 g/mol. The van der Waals surface area contributed by atoms with Crippen molar-refractivity contribution in [1.82, 2.24) is 24.0 Å². The number of hydrogen-bond donors (Lipinski definition) is 0. The van der Waals surface area contributed by atoms with Crippen LogP contribution in [0.2, 0.25) is 0 Å². The summed E-state index contributed by atoms with van der Waals surface area (Å²) in [4.78, 5) is 12.3. The minimum Gasteiger partial charge on any atom is -0.347 e. The van der Waals surface area contributed by atoms with E-state index in [0.717, 1.165) is 34.6 Å². The lowest BCUT2D eigenvalue weighted by Crippen LogP contribution is -2.23. The average Bonchev–Trinajstić information content (AvgIpc) is 3.36. The molecule has 0 aliphatic heterocycles. The predicted molar refractivity (Wildman–Crippen MR) is 130 cm³/mol. The Balaban J connectivity index is 1.68. The van der Waals surface area contributed by atoms with Gasteiger partial charge in [-0.1, -0.05) is 30.3 Å². The Kier molecular flexibility index (Phi) is 4.98. The molecule has 5 rings (SSSR count). The summed E-state index contributed by atoms with van der Waals surface area (Å²) in [5.41, 5.74) is 5.66. The van der Waals surface area contributed by atoms with Crippen LogP contribution < -0.4 is 5.56 Å². The number of para-hydroxylation sites is 1. The number of aromatic nitrogens is 5. The van der Waals surface area contributed by atoms with Crippen LogP contribution in [0.1, 0.15) is 38.1 Å². The van der Waals surface area contributed by atoms with E-state index in [1.54, 1.807) is 12.1 Å². The van der Waals surface area contributed by atoms with Crippen molar-refractivity contribution < 1.29 is 0 Å². The molecule has 0 radical (unpaired) electrons. The Morgan fingerprint density at radius 3 is 2.53 bits per heavy atom. The lowest BCUT2D eigenvalue weighted by molar-refractivity contribution is 0.505. The largest absolute Gasteiger partial charge is 0.347 e. The maximum atomic E-state index is 12.3. The molecule has 0 saturated heterocycles. The lowest BCUT2D eigenvalue weighted by Gasteiger charge is -2.09. The molecule has 0 amide bonds. The second kappa shape index (κ2) is 7.96. The number of aryl methyl sites for hydroxylation is 1. The quantitative estimate of drug-likeness (QED) is 0.386. The molecule has 32 heavy (non-hydrogen) atoms. The van der Waals surface area contributed by atoms with Crippen molar-refractivity contribution in [2.45, 2.75) is 33.4 Å². The number of rotatable bonds is 5. The summed E-state index contributed by atoms with van der Waals surface area (Å²) >= 11 is 0. The van der Waals surface area contributed by atoms with Crippen LogP contribution in [0.3, 0.4) is 0 Å². The van der Waals surface area contributed by atoms with Crippen LogP contribution in [0.5, 0.6) is 0 Å². The highest BCUT2D eigenvalue weighted by atomic mass is 16.1. The molecule has 0 saturated carbocycles. The summed E-state index contributed by atoms with van der Waals surface area (Å²) in [5.74, 6) is 0. The van der Waals surface area contributed by atoms with Crippen LogP contribution in [-0.2, 0) is 6.54 Å². The Labute approximate surface area is 186 Å². The van der Waals surface area contributed by atoms with Crippen molar-refractivity contribution in [3.8, 4) is 11.3 Å². The van der Waals surface area contributed by atoms with E-state index in [-0.39, 0.29) is 11.6 Å². The van der Waals surface area contributed by atoms with E-state index in [2.05, 4.69) is 53.1 Å². The van der Waals surface area contributed by atoms with Gasteiger partial charge >= 0.3 is 0 Å². The van der Waals surface area contributed by atoms with Gasteiger partial charge in [0.1, 0.15) is 0 Å². The van der Waals surface area contributed by atoms with Crippen molar-refractivity contribution in [2.75, 3.05) is 0 Å². The van der Waals surface area contributed by atoms with E-state index < -0.39 is 0 Å². The molecule has 6 heteroatoms. The molecule has 1 aromatic carbocycles. The number of pyridine rings is 1. The zero-order valence-corrected chi connectivity index (χ0v) is 18.4. The van der Waals surface area contributed by atoms with Crippen molar-refractivity contribution in [2.24, 2.45) is 0 Å². The van der Waals surface area contributed by atoms with Gasteiger partial charge in [-0.3, -0.25) is 4.79 Å². The van der Waals surface area contributed by atoms with Gasteiger partial charge in [-0.05, 0) is 51.1 Å². The normalized spacial score (nSPS) is 12.0. The van der Waals surface area contributed by atoms with Crippen LogP contribution in [0.15, 0.2) is 71.8 Å². The van der Waals surface area contributed by atoms with Gasteiger partial charge in [-0.25, -0.2) is 9.20 Å². The molecule has 0 atom stereocenters. The minimum atomic E-state index is -0.107. The first kappa shape index (κ1) is 20.0. The first-order chi connectivity index (χ1) is 15.6. The molecule has 0 bridgehead atoms. The fourth-order valence-electron chi connectivity index (χ4n) is 4.16. The molecule has 0 aliphatic rings. The molecule has 4 heterocycles. The maximum Gasteiger partial charge on any atom is 0.267 e. The summed E-state index contributed by atoms with van der Waals surface area (Å²) in [5, 5.41) is 10.7. The van der Waals surface area contributed by atoms with E-state index in [4.69, 9.17) is 5.10 Å². The Hall–Kier alpha value is -3.93. The zero-order valence-electron chi connectivity index (χ0n) is 18.4. The molecule has 6 nitrogen and oxygen atoms in total. The van der Waals surface area contributed by atoms with Gasteiger partial charge in [-0.15, -0.1) is 0 Å². The second-order valence-corrected chi connectivity index (χ2v) is 8.11. The topological polar surface area (TPSA) is 57.1 Å². The fraction of sp³-hybridized carbons (Fsp3) is 0.192. The molecule has 0 fully saturated rings. The molecule has 0 aliphatic carbocycles. The second-order valence-electron chi connectivity index (χ2n) is 8.11. The SMILES string of the molecule is CCn1cc(/C=C/c2nn3ccccc3c2-c2ccc(=O)n(C(C)C)n2)c2ccccc21. The summed E-state index contributed by atoms with van der Waals surface area (Å²) < 4.78 is 5.63. The number of nitrogens with zero attached hydrogens (tertiary/aromatic N) is 5. The van der Waals surface area contributed by atoms with E-state index >= 15 is 0 Å². The first-order valence-electron chi connectivity index (χ1n) is 10.9. The first-order valence-corrected chi connectivity index (χ1v) is 10.9. The standard InChI is InChI=1S/C26H25N5O/c1-4-29-17-19(20-9-5-6-10-23(20)29)12-13-21-26(24-11-7-8-16-30(24)27-21)22-14-15-25(32)31(28-22)18(2)3/h5-18H,4H2,1-3H3/b13-12+. The molecular weight excluding hydrogens is 398 g/mol. The molecule has 5 aromatic rings. The number of fused-ring (bicyclic) bond motifs is 2. The van der Waals surface area contributed by atoms with E-state index in [1.165, 1.54) is 15.6 Å². The van der Waals surface area contributed by atoms with Crippen molar-refractivity contribution in [3.63, 3.8) is 0 Å². The molecule has 160 valence electrons. The third-order valence-electron chi connectivity index (χ3n) is 5.72. The lowest BCUT2D eigenvalue weighted by atomic mass is 10.1. The van der Waals surface area contributed by atoms with Gasteiger partial charge in [-0.2, -0.15) is 10.2 Å². The minimum absolute atomic E-state index is 0.0246. The summed E-state index contributed by atoms with van der Waals surface area (Å²) in [6.07, 6.45) is 8.25. The highest BCUT2D eigenvalue weighted by Crippen LogP contribution is 2.29. The third kappa shape index (κ3) is 3.34. The van der Waals surface area contributed by atoms with Gasteiger partial charge < -0.3 is 4.57 Å². The van der Waals surface area contributed by atoms with E-state index in [0.29, 0.717) is 0 Å². The molecule has 0 spiro atoms.